The van der Waals surface area contributed by atoms with Gasteiger partial charge in [0.25, 0.3) is 0 Å². The first kappa shape index (κ1) is 7.48. The summed E-state index contributed by atoms with van der Waals surface area (Å²) in [5.41, 5.74) is 5.20. The van der Waals surface area contributed by atoms with E-state index in [2.05, 4.69) is 17.2 Å². The van der Waals surface area contributed by atoms with Crippen molar-refractivity contribution in [2.75, 3.05) is 19.6 Å². The van der Waals surface area contributed by atoms with Crippen LogP contribution in [-0.2, 0) is 0 Å². The molecule has 0 aliphatic rings. The van der Waals surface area contributed by atoms with Gasteiger partial charge in [-0.2, -0.15) is 0 Å². The smallest absolute Gasteiger partial charge is 0.0576 e. The van der Waals surface area contributed by atoms with E-state index in [1.807, 2.05) is 6.92 Å². The van der Waals surface area contributed by atoms with Gasteiger partial charge in [-0.3, -0.25) is 0 Å². The van der Waals surface area contributed by atoms with Gasteiger partial charge in [-0.05, 0) is 6.92 Å². The molecule has 0 radical (unpaired) electrons. The fraction of sp³-hybridized carbons (Fsp3) is 0.667. The van der Waals surface area contributed by atoms with E-state index >= 15 is 0 Å². The fourth-order valence-electron chi connectivity index (χ4n) is 0.341. The molecule has 0 saturated carbocycles. The lowest BCUT2D eigenvalue weighted by Crippen LogP contribution is -2.22. The van der Waals surface area contributed by atoms with Gasteiger partial charge in [0.2, 0.25) is 0 Å². The summed E-state index contributed by atoms with van der Waals surface area (Å²) in [6.45, 7) is 4.12. The van der Waals surface area contributed by atoms with Gasteiger partial charge in [-0.15, -0.1) is 5.92 Å². The summed E-state index contributed by atoms with van der Waals surface area (Å²) in [7, 11) is 0. The van der Waals surface area contributed by atoms with Crippen molar-refractivity contribution >= 4 is 0 Å². The Hall–Kier alpha value is -0.520. The second-order valence-corrected chi connectivity index (χ2v) is 1.39. The Bertz CT molecular complexity index is 88.4. The molecular formula is C6H12N2. The Kier molecular flexibility index (Phi) is 6.06. The molecule has 0 aromatic heterocycles. The number of hydrogen-bond acceptors (Lipinski definition) is 2. The molecule has 8 heavy (non-hydrogen) atoms. The lowest BCUT2D eigenvalue weighted by Gasteiger charge is -1.92. The Balaban J connectivity index is 2.79. The second-order valence-electron chi connectivity index (χ2n) is 1.39. The zero-order valence-corrected chi connectivity index (χ0v) is 5.20. The summed E-state index contributed by atoms with van der Waals surface area (Å²) >= 11 is 0. The number of hydrogen-bond donors (Lipinski definition) is 2. The van der Waals surface area contributed by atoms with Crippen molar-refractivity contribution in [3.63, 3.8) is 0 Å². The molecule has 0 amide bonds. The van der Waals surface area contributed by atoms with Gasteiger partial charge in [0.05, 0.1) is 6.54 Å². The largest absolute Gasteiger partial charge is 0.329 e. The van der Waals surface area contributed by atoms with Gasteiger partial charge in [0, 0.05) is 13.1 Å². The monoisotopic (exact) mass is 112 g/mol. The first-order valence-electron chi connectivity index (χ1n) is 2.72. The predicted octanol–water partition coefficient (Wildman–Crippen LogP) is -0.442. The lowest BCUT2D eigenvalue weighted by atomic mass is 10.5. The maximum absolute atomic E-state index is 5.20. The first-order chi connectivity index (χ1) is 3.91. The predicted molar refractivity (Wildman–Crippen MR) is 35.4 cm³/mol. The van der Waals surface area contributed by atoms with Crippen LogP contribution in [0, 0.1) is 11.8 Å². The maximum atomic E-state index is 5.20. The average Bonchev–Trinajstić information content (AvgIpc) is 1.81. The van der Waals surface area contributed by atoms with Gasteiger partial charge >= 0.3 is 0 Å². The molecule has 2 nitrogen and oxygen atoms in total. The van der Waals surface area contributed by atoms with Gasteiger partial charge in [-0.25, -0.2) is 0 Å². The maximum Gasteiger partial charge on any atom is 0.0576 e. The molecule has 0 unspecified atom stereocenters. The van der Waals surface area contributed by atoms with Crippen molar-refractivity contribution < 1.29 is 0 Å². The van der Waals surface area contributed by atoms with Crippen molar-refractivity contribution in [2.45, 2.75) is 6.92 Å². The average molecular weight is 112 g/mol. The molecule has 2 heteroatoms. The van der Waals surface area contributed by atoms with Crippen molar-refractivity contribution in [1.82, 2.24) is 5.32 Å². The summed E-state index contributed by atoms with van der Waals surface area (Å²) in [6, 6.07) is 0. The minimum atomic E-state index is 0.686. The van der Waals surface area contributed by atoms with Crippen LogP contribution in [0.2, 0.25) is 0 Å². The number of rotatable bonds is 3. The van der Waals surface area contributed by atoms with E-state index in [4.69, 9.17) is 5.73 Å². The topological polar surface area (TPSA) is 38.0 Å². The van der Waals surface area contributed by atoms with Crippen molar-refractivity contribution in [1.29, 1.82) is 0 Å². The van der Waals surface area contributed by atoms with Crippen LogP contribution in [-0.4, -0.2) is 19.6 Å². The van der Waals surface area contributed by atoms with Crippen LogP contribution >= 0.6 is 0 Å². The molecule has 0 saturated heterocycles. The molecule has 0 spiro atoms. The first-order valence-corrected chi connectivity index (χ1v) is 2.72. The highest BCUT2D eigenvalue weighted by Crippen LogP contribution is 1.53. The molecule has 3 N–H and O–H groups in total. The SMILES string of the molecule is CC#CCNCCN. The normalized spacial score (nSPS) is 7.75. The molecule has 46 valence electrons. The Morgan fingerprint density at radius 2 is 2.38 bits per heavy atom. The van der Waals surface area contributed by atoms with E-state index in [1.165, 1.54) is 0 Å². The fourth-order valence-corrected chi connectivity index (χ4v) is 0.341. The zero-order valence-electron chi connectivity index (χ0n) is 5.20. The minimum Gasteiger partial charge on any atom is -0.329 e. The van der Waals surface area contributed by atoms with Crippen LogP contribution in [0.3, 0.4) is 0 Å². The Morgan fingerprint density at radius 3 is 2.88 bits per heavy atom. The summed E-state index contributed by atoms with van der Waals surface area (Å²) in [6.07, 6.45) is 0. The van der Waals surface area contributed by atoms with E-state index in [9.17, 15) is 0 Å². The van der Waals surface area contributed by atoms with Crippen molar-refractivity contribution in [2.24, 2.45) is 5.73 Å². The van der Waals surface area contributed by atoms with E-state index in [0.717, 1.165) is 13.1 Å². The molecule has 0 aromatic carbocycles. The summed E-state index contributed by atoms with van der Waals surface area (Å²) in [5, 5.41) is 3.04. The zero-order chi connectivity index (χ0) is 6.24. The molecule has 0 aromatic rings. The Labute approximate surface area is 50.5 Å². The molecule has 0 fully saturated rings. The number of nitrogens with one attached hydrogen (secondary N) is 1. The molecule has 0 aliphatic heterocycles. The number of nitrogens with two attached hydrogens (primary N) is 1. The minimum absolute atomic E-state index is 0.686. The summed E-state index contributed by atoms with van der Waals surface area (Å²) < 4.78 is 0. The highest BCUT2D eigenvalue weighted by Gasteiger charge is 1.74. The summed E-state index contributed by atoms with van der Waals surface area (Å²) in [5.74, 6) is 5.64. The van der Waals surface area contributed by atoms with Gasteiger partial charge in [-0.1, -0.05) is 5.92 Å². The molecular weight excluding hydrogens is 100 g/mol. The van der Waals surface area contributed by atoms with Crippen LogP contribution in [0.5, 0.6) is 0 Å². The third-order valence-electron chi connectivity index (χ3n) is 0.711. The van der Waals surface area contributed by atoms with Gasteiger partial charge in [0.15, 0.2) is 0 Å². The van der Waals surface area contributed by atoms with E-state index in [1.54, 1.807) is 0 Å². The van der Waals surface area contributed by atoms with E-state index in [0.29, 0.717) is 6.54 Å². The van der Waals surface area contributed by atoms with Crippen molar-refractivity contribution in [3.05, 3.63) is 0 Å². The Morgan fingerprint density at radius 1 is 1.62 bits per heavy atom. The summed E-state index contributed by atoms with van der Waals surface area (Å²) in [4.78, 5) is 0. The van der Waals surface area contributed by atoms with E-state index in [-0.39, 0.29) is 0 Å². The quantitative estimate of drug-likeness (QED) is 0.383. The van der Waals surface area contributed by atoms with Gasteiger partial charge < -0.3 is 11.1 Å². The molecule has 0 heterocycles. The lowest BCUT2D eigenvalue weighted by molar-refractivity contribution is 0.762. The molecule has 0 atom stereocenters. The van der Waals surface area contributed by atoms with Crippen LogP contribution in [0.15, 0.2) is 0 Å². The third kappa shape index (κ3) is 5.48. The van der Waals surface area contributed by atoms with Crippen LogP contribution in [0.25, 0.3) is 0 Å². The van der Waals surface area contributed by atoms with E-state index < -0.39 is 0 Å². The second kappa shape index (κ2) is 6.48. The van der Waals surface area contributed by atoms with Crippen LogP contribution < -0.4 is 11.1 Å². The highest BCUT2D eigenvalue weighted by atomic mass is 14.9. The molecule has 0 bridgehead atoms. The molecule has 0 aliphatic carbocycles. The van der Waals surface area contributed by atoms with Crippen LogP contribution in [0.1, 0.15) is 6.92 Å². The van der Waals surface area contributed by atoms with Crippen LogP contribution in [0.4, 0.5) is 0 Å². The third-order valence-corrected chi connectivity index (χ3v) is 0.711. The standard InChI is InChI=1S/C6H12N2/c1-2-3-5-8-6-4-7/h8H,4-7H2,1H3. The molecule has 0 rings (SSSR count). The van der Waals surface area contributed by atoms with Crippen molar-refractivity contribution in [3.8, 4) is 11.8 Å². The van der Waals surface area contributed by atoms with Gasteiger partial charge in [0.1, 0.15) is 0 Å². The highest BCUT2D eigenvalue weighted by molar-refractivity contribution is 4.96.